The highest BCUT2D eigenvalue weighted by atomic mass is 32.1. The van der Waals surface area contributed by atoms with Crippen molar-refractivity contribution in [1.82, 2.24) is 9.80 Å². The van der Waals surface area contributed by atoms with Gasteiger partial charge in [-0.2, -0.15) is 0 Å². The number of nitrogens with zero attached hydrogens (tertiary/aromatic N) is 2. The quantitative estimate of drug-likeness (QED) is 0.544. The number of rotatable bonds is 5. The largest absolute Gasteiger partial charge is 0.493 e. The summed E-state index contributed by atoms with van der Waals surface area (Å²) in [7, 11) is 4.32. The molecule has 1 atom stereocenters. The molecule has 9 nitrogen and oxygen atoms in total. The third-order valence-electron chi connectivity index (χ3n) is 5.25. The molecular formula is C20H27N3O6S. The molecule has 30 heavy (non-hydrogen) atoms. The lowest BCUT2D eigenvalue weighted by Gasteiger charge is -2.37. The summed E-state index contributed by atoms with van der Waals surface area (Å²) in [5.41, 5.74) is 0.743. The van der Waals surface area contributed by atoms with E-state index in [9.17, 15) is 9.59 Å². The minimum absolute atomic E-state index is 0.0545. The number of methoxy groups -OCH3 is 3. The van der Waals surface area contributed by atoms with Crippen LogP contribution in [0.1, 0.15) is 23.2 Å². The zero-order valence-corrected chi connectivity index (χ0v) is 18.3. The Morgan fingerprint density at radius 1 is 1.07 bits per heavy atom. The van der Waals surface area contributed by atoms with Gasteiger partial charge in [0.25, 0.3) is 5.91 Å². The highest BCUT2D eigenvalue weighted by Crippen LogP contribution is 2.34. The lowest BCUT2D eigenvalue weighted by atomic mass is 10.1. The molecule has 0 aromatic heterocycles. The molecule has 1 N–H and O–H groups in total. The molecule has 164 valence electrons. The first kappa shape index (κ1) is 22.1. The van der Waals surface area contributed by atoms with Crippen molar-refractivity contribution in [2.45, 2.75) is 18.9 Å². The average molecular weight is 438 g/mol. The monoisotopic (exact) mass is 437 g/mol. The smallest absolute Gasteiger partial charge is 0.340 e. The van der Waals surface area contributed by atoms with Gasteiger partial charge >= 0.3 is 5.97 Å². The zero-order valence-electron chi connectivity index (χ0n) is 17.4. The molecule has 2 fully saturated rings. The van der Waals surface area contributed by atoms with Gasteiger partial charge in [0, 0.05) is 44.9 Å². The first-order valence-corrected chi connectivity index (χ1v) is 10.2. The van der Waals surface area contributed by atoms with E-state index in [4.69, 9.17) is 31.2 Å². The standard InChI is InChI=1S/C20H27N3O6S/c1-26-16-11-13(19(25)28-3)14(12-17(16)27-2)21-20(30)23-8-6-22(7-9-23)18(24)15-5-4-10-29-15/h11-12,15H,4-10H2,1-3H3,(H,21,30). The van der Waals surface area contributed by atoms with Crippen LogP contribution >= 0.6 is 12.2 Å². The van der Waals surface area contributed by atoms with Crippen LogP contribution in [0.3, 0.4) is 0 Å². The van der Waals surface area contributed by atoms with Crippen molar-refractivity contribution < 1.29 is 28.5 Å². The average Bonchev–Trinajstić information content (AvgIpc) is 3.32. The first-order valence-electron chi connectivity index (χ1n) is 9.79. The molecule has 2 heterocycles. The van der Waals surface area contributed by atoms with E-state index in [0.717, 1.165) is 12.8 Å². The summed E-state index contributed by atoms with van der Waals surface area (Å²) >= 11 is 5.55. The molecule has 0 saturated carbocycles. The van der Waals surface area contributed by atoms with E-state index in [-0.39, 0.29) is 17.6 Å². The number of piperazine rings is 1. The zero-order chi connectivity index (χ0) is 21.7. The van der Waals surface area contributed by atoms with Crippen molar-refractivity contribution in [3.63, 3.8) is 0 Å². The van der Waals surface area contributed by atoms with E-state index in [1.54, 1.807) is 12.1 Å². The highest BCUT2D eigenvalue weighted by Gasteiger charge is 2.31. The van der Waals surface area contributed by atoms with Gasteiger partial charge in [-0.3, -0.25) is 4.79 Å². The second-order valence-electron chi connectivity index (χ2n) is 6.99. The Morgan fingerprint density at radius 3 is 2.27 bits per heavy atom. The molecule has 1 amide bonds. The molecule has 2 aliphatic heterocycles. The summed E-state index contributed by atoms with van der Waals surface area (Å²) < 4.78 is 21.0. The molecule has 2 saturated heterocycles. The number of benzene rings is 1. The second-order valence-corrected chi connectivity index (χ2v) is 7.38. The van der Waals surface area contributed by atoms with E-state index < -0.39 is 5.97 Å². The molecule has 1 unspecified atom stereocenters. The van der Waals surface area contributed by atoms with Crippen LogP contribution < -0.4 is 14.8 Å². The lowest BCUT2D eigenvalue weighted by Crippen LogP contribution is -2.53. The summed E-state index contributed by atoms with van der Waals surface area (Å²) in [6, 6.07) is 3.20. The summed E-state index contributed by atoms with van der Waals surface area (Å²) in [6.07, 6.45) is 1.41. The van der Waals surface area contributed by atoms with Crippen LogP contribution in [0.5, 0.6) is 11.5 Å². The van der Waals surface area contributed by atoms with Crippen LogP contribution in [0.25, 0.3) is 0 Å². The summed E-state index contributed by atoms with van der Waals surface area (Å²) in [6.45, 7) is 2.96. The Bertz CT molecular complexity index is 804. The number of esters is 1. The normalized spacial score (nSPS) is 18.7. The maximum atomic E-state index is 12.5. The Labute approximate surface area is 181 Å². The Morgan fingerprint density at radius 2 is 1.70 bits per heavy atom. The topological polar surface area (TPSA) is 89.6 Å². The van der Waals surface area contributed by atoms with Crippen molar-refractivity contribution in [3.8, 4) is 11.5 Å². The number of ether oxygens (including phenoxy) is 4. The SMILES string of the molecule is COC(=O)c1cc(OC)c(OC)cc1NC(=S)N1CCN(C(=O)C2CCCO2)CC1. The fourth-order valence-corrected chi connectivity index (χ4v) is 3.85. The minimum Gasteiger partial charge on any atom is -0.493 e. The number of amides is 1. The van der Waals surface area contributed by atoms with E-state index in [0.29, 0.717) is 55.1 Å². The van der Waals surface area contributed by atoms with Gasteiger partial charge in [-0.25, -0.2) is 4.79 Å². The van der Waals surface area contributed by atoms with Crippen LogP contribution in [-0.2, 0) is 14.3 Å². The Hall–Kier alpha value is -2.59. The highest BCUT2D eigenvalue weighted by molar-refractivity contribution is 7.80. The second kappa shape index (κ2) is 9.94. The number of carbonyl (C=O) groups is 2. The number of anilines is 1. The number of hydrogen-bond acceptors (Lipinski definition) is 7. The van der Waals surface area contributed by atoms with Gasteiger partial charge in [0.05, 0.1) is 32.6 Å². The Balaban J connectivity index is 1.67. The molecule has 10 heteroatoms. The molecule has 2 aliphatic rings. The molecule has 3 rings (SSSR count). The van der Waals surface area contributed by atoms with Crippen LogP contribution in [0.15, 0.2) is 12.1 Å². The fraction of sp³-hybridized carbons (Fsp3) is 0.550. The van der Waals surface area contributed by atoms with Gasteiger partial charge < -0.3 is 34.1 Å². The van der Waals surface area contributed by atoms with Gasteiger partial charge in [0.2, 0.25) is 0 Å². The van der Waals surface area contributed by atoms with Gasteiger partial charge in [-0.1, -0.05) is 0 Å². The maximum absolute atomic E-state index is 12.5. The predicted octanol–water partition coefficient (Wildman–Crippen LogP) is 1.51. The molecular weight excluding hydrogens is 410 g/mol. The van der Waals surface area contributed by atoms with Crippen LogP contribution in [0, 0.1) is 0 Å². The minimum atomic E-state index is -0.520. The first-order chi connectivity index (χ1) is 14.5. The number of thiocarbonyl (C=S) groups is 1. The lowest BCUT2D eigenvalue weighted by molar-refractivity contribution is -0.142. The third kappa shape index (κ3) is 4.76. The van der Waals surface area contributed by atoms with E-state index in [2.05, 4.69) is 5.32 Å². The summed E-state index contributed by atoms with van der Waals surface area (Å²) in [4.78, 5) is 28.5. The molecule has 0 bridgehead atoms. The van der Waals surface area contributed by atoms with E-state index in [1.807, 2.05) is 9.80 Å². The predicted molar refractivity (Wildman–Crippen MR) is 114 cm³/mol. The van der Waals surface area contributed by atoms with Crippen LogP contribution in [0.2, 0.25) is 0 Å². The Kier molecular flexibility index (Phi) is 7.33. The molecule has 1 aromatic carbocycles. The molecule has 0 radical (unpaired) electrons. The van der Waals surface area contributed by atoms with Crippen molar-refractivity contribution >= 4 is 34.9 Å². The third-order valence-corrected chi connectivity index (χ3v) is 5.61. The number of carbonyl (C=O) groups excluding carboxylic acids is 2. The summed E-state index contributed by atoms with van der Waals surface area (Å²) in [5, 5.41) is 3.57. The van der Waals surface area contributed by atoms with E-state index >= 15 is 0 Å². The maximum Gasteiger partial charge on any atom is 0.340 e. The number of hydrogen-bond donors (Lipinski definition) is 1. The van der Waals surface area contributed by atoms with Gasteiger partial charge in [0.1, 0.15) is 6.10 Å². The van der Waals surface area contributed by atoms with Crippen molar-refractivity contribution in [2.75, 3.05) is 59.4 Å². The van der Waals surface area contributed by atoms with E-state index in [1.165, 1.54) is 21.3 Å². The van der Waals surface area contributed by atoms with Gasteiger partial charge in [0.15, 0.2) is 16.6 Å². The molecule has 0 aliphatic carbocycles. The van der Waals surface area contributed by atoms with Crippen LogP contribution in [-0.4, -0.2) is 87.0 Å². The number of nitrogens with one attached hydrogen (secondary N) is 1. The molecule has 0 spiro atoms. The fourth-order valence-electron chi connectivity index (χ4n) is 3.56. The van der Waals surface area contributed by atoms with Gasteiger partial charge in [-0.15, -0.1) is 0 Å². The summed E-state index contributed by atoms with van der Waals surface area (Å²) in [5.74, 6) is 0.408. The van der Waals surface area contributed by atoms with Crippen molar-refractivity contribution in [1.29, 1.82) is 0 Å². The van der Waals surface area contributed by atoms with Crippen molar-refractivity contribution in [2.24, 2.45) is 0 Å². The molecule has 1 aromatic rings. The van der Waals surface area contributed by atoms with Crippen LogP contribution in [0.4, 0.5) is 5.69 Å². The van der Waals surface area contributed by atoms with Crippen molar-refractivity contribution in [3.05, 3.63) is 17.7 Å². The van der Waals surface area contributed by atoms with Gasteiger partial charge in [-0.05, 0) is 25.1 Å².